The van der Waals surface area contributed by atoms with E-state index in [0.29, 0.717) is 28.2 Å². The SMILES string of the molecule is CC(C)(C)c1nc(C(N)c2cc(Cl)c3c(c2)OCO3)no1. The van der Waals surface area contributed by atoms with Crippen molar-refractivity contribution in [2.45, 2.75) is 32.2 Å². The molecule has 0 bridgehead atoms. The van der Waals surface area contributed by atoms with E-state index in [2.05, 4.69) is 10.1 Å². The first-order valence-corrected chi connectivity index (χ1v) is 6.93. The summed E-state index contributed by atoms with van der Waals surface area (Å²) in [6.45, 7) is 6.14. The van der Waals surface area contributed by atoms with Gasteiger partial charge in [-0.1, -0.05) is 37.5 Å². The Hall–Kier alpha value is -1.79. The third-order valence-corrected chi connectivity index (χ3v) is 3.45. The van der Waals surface area contributed by atoms with E-state index >= 15 is 0 Å². The highest BCUT2D eigenvalue weighted by Gasteiger charge is 2.26. The summed E-state index contributed by atoms with van der Waals surface area (Å²) in [4.78, 5) is 4.36. The van der Waals surface area contributed by atoms with Gasteiger partial charge in [-0.25, -0.2) is 0 Å². The third-order valence-electron chi connectivity index (χ3n) is 3.17. The van der Waals surface area contributed by atoms with Crippen LogP contribution in [0.2, 0.25) is 5.02 Å². The zero-order valence-electron chi connectivity index (χ0n) is 12.0. The number of halogens is 1. The highest BCUT2D eigenvalue weighted by atomic mass is 35.5. The minimum atomic E-state index is -0.545. The van der Waals surface area contributed by atoms with Gasteiger partial charge in [0.25, 0.3) is 0 Å². The summed E-state index contributed by atoms with van der Waals surface area (Å²) in [7, 11) is 0. The lowest BCUT2D eigenvalue weighted by molar-refractivity contribution is 0.174. The zero-order chi connectivity index (χ0) is 15.2. The summed E-state index contributed by atoms with van der Waals surface area (Å²) >= 11 is 6.16. The zero-order valence-corrected chi connectivity index (χ0v) is 12.8. The Bertz CT molecular complexity index is 679. The van der Waals surface area contributed by atoms with Crippen molar-refractivity contribution in [3.8, 4) is 11.5 Å². The van der Waals surface area contributed by atoms with Crippen molar-refractivity contribution in [1.29, 1.82) is 0 Å². The maximum atomic E-state index is 6.20. The van der Waals surface area contributed by atoms with Crippen LogP contribution in [0.5, 0.6) is 11.5 Å². The van der Waals surface area contributed by atoms with Crippen LogP contribution in [0.1, 0.15) is 44.1 Å². The van der Waals surface area contributed by atoms with Crippen molar-refractivity contribution in [3.05, 3.63) is 34.4 Å². The van der Waals surface area contributed by atoms with Gasteiger partial charge in [0.1, 0.15) is 0 Å². The van der Waals surface area contributed by atoms with Gasteiger partial charge in [-0.15, -0.1) is 0 Å². The minimum absolute atomic E-state index is 0.157. The maximum absolute atomic E-state index is 6.20. The molecule has 1 atom stereocenters. The maximum Gasteiger partial charge on any atom is 0.232 e. The van der Waals surface area contributed by atoms with Crippen molar-refractivity contribution >= 4 is 11.6 Å². The molecule has 0 aliphatic carbocycles. The molecule has 2 heterocycles. The largest absolute Gasteiger partial charge is 0.454 e. The van der Waals surface area contributed by atoms with Crippen LogP contribution in [0.4, 0.5) is 0 Å². The van der Waals surface area contributed by atoms with E-state index in [1.807, 2.05) is 20.8 Å². The van der Waals surface area contributed by atoms with Gasteiger partial charge in [0.05, 0.1) is 11.1 Å². The van der Waals surface area contributed by atoms with Gasteiger partial charge in [0.15, 0.2) is 17.3 Å². The molecule has 1 aromatic heterocycles. The van der Waals surface area contributed by atoms with Gasteiger partial charge in [0, 0.05) is 5.41 Å². The van der Waals surface area contributed by atoms with Crippen molar-refractivity contribution in [1.82, 2.24) is 10.1 Å². The summed E-state index contributed by atoms with van der Waals surface area (Å²) in [5, 5.41) is 4.41. The second-order valence-electron chi connectivity index (χ2n) is 5.92. The molecule has 0 saturated carbocycles. The number of hydrogen-bond donors (Lipinski definition) is 1. The molecule has 1 aliphatic heterocycles. The van der Waals surface area contributed by atoms with Crippen LogP contribution in [0, 0.1) is 0 Å². The van der Waals surface area contributed by atoms with Crippen molar-refractivity contribution in [2.24, 2.45) is 5.73 Å². The summed E-state index contributed by atoms with van der Waals surface area (Å²) in [5.41, 5.74) is 6.71. The molecule has 0 radical (unpaired) electrons. The smallest absolute Gasteiger partial charge is 0.232 e. The number of fused-ring (bicyclic) bond motifs is 1. The van der Waals surface area contributed by atoms with E-state index in [-0.39, 0.29) is 12.2 Å². The molecule has 0 saturated heterocycles. The van der Waals surface area contributed by atoms with E-state index in [1.165, 1.54) is 0 Å². The first-order valence-electron chi connectivity index (χ1n) is 6.55. The van der Waals surface area contributed by atoms with Gasteiger partial charge in [0.2, 0.25) is 12.7 Å². The molecule has 21 heavy (non-hydrogen) atoms. The summed E-state index contributed by atoms with van der Waals surface area (Å²) < 4.78 is 15.9. The topological polar surface area (TPSA) is 83.4 Å². The van der Waals surface area contributed by atoms with Crippen molar-refractivity contribution < 1.29 is 14.0 Å². The van der Waals surface area contributed by atoms with Crippen molar-refractivity contribution in [2.75, 3.05) is 6.79 Å². The second kappa shape index (κ2) is 4.89. The van der Waals surface area contributed by atoms with Crippen LogP contribution in [-0.2, 0) is 5.41 Å². The molecule has 6 nitrogen and oxygen atoms in total. The summed E-state index contributed by atoms with van der Waals surface area (Å²) in [5.74, 6) is 2.07. The lowest BCUT2D eigenvalue weighted by Gasteiger charge is -2.11. The molecule has 0 spiro atoms. The highest BCUT2D eigenvalue weighted by molar-refractivity contribution is 6.32. The van der Waals surface area contributed by atoms with E-state index in [4.69, 9.17) is 31.3 Å². The Labute approximate surface area is 127 Å². The van der Waals surface area contributed by atoms with Gasteiger partial charge in [-0.3, -0.25) is 0 Å². The molecule has 0 amide bonds. The van der Waals surface area contributed by atoms with E-state index in [9.17, 15) is 0 Å². The predicted molar refractivity (Wildman–Crippen MR) is 76.6 cm³/mol. The summed E-state index contributed by atoms with van der Waals surface area (Å²) in [6, 6.07) is 2.97. The highest BCUT2D eigenvalue weighted by Crippen LogP contribution is 2.41. The number of hydrogen-bond acceptors (Lipinski definition) is 6. The molecule has 2 N–H and O–H groups in total. The number of rotatable bonds is 2. The lowest BCUT2D eigenvalue weighted by Crippen LogP contribution is -2.15. The minimum Gasteiger partial charge on any atom is -0.454 e. The average Bonchev–Trinajstić information content (AvgIpc) is 3.05. The molecular weight excluding hydrogens is 294 g/mol. The first-order chi connectivity index (χ1) is 9.86. The van der Waals surface area contributed by atoms with E-state index in [1.54, 1.807) is 12.1 Å². The van der Waals surface area contributed by atoms with Gasteiger partial charge < -0.3 is 19.7 Å². The molecule has 0 fully saturated rings. The third kappa shape index (κ3) is 2.56. The van der Waals surface area contributed by atoms with Crippen LogP contribution in [-0.4, -0.2) is 16.9 Å². The van der Waals surface area contributed by atoms with Crippen LogP contribution in [0.15, 0.2) is 16.7 Å². The van der Waals surface area contributed by atoms with Crippen LogP contribution in [0.3, 0.4) is 0 Å². The second-order valence-corrected chi connectivity index (χ2v) is 6.33. The number of ether oxygens (including phenoxy) is 2. The number of nitrogens with two attached hydrogens (primary N) is 1. The monoisotopic (exact) mass is 309 g/mol. The van der Waals surface area contributed by atoms with Crippen LogP contribution >= 0.6 is 11.6 Å². The molecule has 1 aromatic carbocycles. The fraction of sp³-hybridized carbons (Fsp3) is 0.429. The molecule has 1 aliphatic rings. The average molecular weight is 310 g/mol. The van der Waals surface area contributed by atoms with Crippen LogP contribution in [0.25, 0.3) is 0 Å². The Morgan fingerprint density at radius 3 is 2.71 bits per heavy atom. The molecule has 112 valence electrons. The molecule has 2 aromatic rings. The Balaban J connectivity index is 1.94. The Kier molecular flexibility index (Phi) is 3.30. The Morgan fingerprint density at radius 2 is 2.05 bits per heavy atom. The van der Waals surface area contributed by atoms with Gasteiger partial charge in [-0.05, 0) is 17.7 Å². The fourth-order valence-corrected chi connectivity index (χ4v) is 2.26. The van der Waals surface area contributed by atoms with Gasteiger partial charge >= 0.3 is 0 Å². The molecule has 1 unspecified atom stereocenters. The normalized spacial score (nSPS) is 15.3. The quantitative estimate of drug-likeness (QED) is 0.918. The predicted octanol–water partition coefficient (Wildman–Crippen LogP) is 2.80. The Morgan fingerprint density at radius 1 is 1.29 bits per heavy atom. The molecular formula is C14H16ClN3O3. The number of nitrogens with zero attached hydrogens (tertiary/aromatic N) is 2. The van der Waals surface area contributed by atoms with E-state index < -0.39 is 6.04 Å². The van der Waals surface area contributed by atoms with Gasteiger partial charge in [-0.2, -0.15) is 4.98 Å². The number of aromatic nitrogens is 2. The lowest BCUT2D eigenvalue weighted by atomic mass is 9.97. The first kappa shape index (κ1) is 14.2. The fourth-order valence-electron chi connectivity index (χ4n) is 1.98. The summed E-state index contributed by atoms with van der Waals surface area (Å²) in [6.07, 6.45) is 0. The molecule has 3 rings (SSSR count). The van der Waals surface area contributed by atoms with E-state index in [0.717, 1.165) is 5.56 Å². The molecule has 7 heteroatoms. The number of benzene rings is 1. The van der Waals surface area contributed by atoms with Crippen molar-refractivity contribution in [3.63, 3.8) is 0 Å². The van der Waals surface area contributed by atoms with Crippen LogP contribution < -0.4 is 15.2 Å². The standard InChI is InChI=1S/C14H16ClN3O3/c1-14(2,3)13-17-12(18-21-13)10(16)7-4-8(15)11-9(5-7)19-6-20-11/h4-5,10H,6,16H2,1-3H3.